The second-order valence-corrected chi connectivity index (χ2v) is 6.85. The first kappa shape index (κ1) is 16.7. The van der Waals surface area contributed by atoms with E-state index in [9.17, 15) is 13.5 Å². The first-order valence-electron chi connectivity index (χ1n) is 7.54. The van der Waals surface area contributed by atoms with Crippen LogP contribution in [0.3, 0.4) is 0 Å². The Kier molecular flexibility index (Phi) is 4.81. The Morgan fingerprint density at radius 2 is 1.36 bits per heavy atom. The molecule has 1 N–H and O–H groups in total. The van der Waals surface area contributed by atoms with E-state index in [1.165, 1.54) is 24.3 Å². The van der Waals surface area contributed by atoms with Crippen molar-refractivity contribution >= 4 is 21.5 Å². The molecule has 3 aromatic rings. The molecular formula is C19H15N2O3S-. The third-order valence-corrected chi connectivity index (χ3v) is 4.71. The van der Waals surface area contributed by atoms with Gasteiger partial charge in [-0.1, -0.05) is 60.7 Å². The monoisotopic (exact) mass is 351 g/mol. The zero-order valence-corrected chi connectivity index (χ0v) is 14.0. The molecule has 0 radical (unpaired) electrons. The van der Waals surface area contributed by atoms with Crippen molar-refractivity contribution in [3.63, 3.8) is 0 Å². The van der Waals surface area contributed by atoms with E-state index in [1.54, 1.807) is 54.6 Å². The number of nitrogens with one attached hydrogen (secondary N) is 1. The highest BCUT2D eigenvalue weighted by molar-refractivity contribution is 7.90. The molecule has 0 aliphatic heterocycles. The van der Waals surface area contributed by atoms with E-state index in [0.717, 1.165) is 0 Å². The predicted molar refractivity (Wildman–Crippen MR) is 96.1 cm³/mol. The Balaban J connectivity index is 2.03. The fourth-order valence-electron chi connectivity index (χ4n) is 2.18. The lowest BCUT2D eigenvalue weighted by Crippen LogP contribution is -2.16. The summed E-state index contributed by atoms with van der Waals surface area (Å²) in [6.45, 7) is 0. The van der Waals surface area contributed by atoms with Gasteiger partial charge in [0.1, 0.15) is 0 Å². The van der Waals surface area contributed by atoms with Crippen LogP contribution in [0.2, 0.25) is 0 Å². The fourth-order valence-corrected chi connectivity index (χ4v) is 3.18. The van der Waals surface area contributed by atoms with Crippen LogP contribution in [0.25, 0.3) is 0 Å². The third-order valence-electron chi connectivity index (χ3n) is 3.42. The average molecular weight is 351 g/mol. The number of sulfonamides is 1. The maximum absolute atomic E-state index is 12.6. The molecule has 0 saturated heterocycles. The molecule has 6 heteroatoms. The number of anilines is 1. The van der Waals surface area contributed by atoms with Gasteiger partial charge in [0.15, 0.2) is 5.84 Å². The van der Waals surface area contributed by atoms with E-state index in [1.807, 2.05) is 6.07 Å². The van der Waals surface area contributed by atoms with Crippen LogP contribution in [0.4, 0.5) is 5.69 Å². The molecule has 5 nitrogen and oxygen atoms in total. The van der Waals surface area contributed by atoms with Gasteiger partial charge in [0.05, 0.1) is 4.90 Å². The van der Waals surface area contributed by atoms with E-state index >= 15 is 0 Å². The zero-order chi connectivity index (χ0) is 17.7. The Hall–Kier alpha value is -3.12. The highest BCUT2D eigenvalue weighted by Gasteiger charge is 2.15. The van der Waals surface area contributed by atoms with Crippen molar-refractivity contribution in [2.45, 2.75) is 4.90 Å². The van der Waals surface area contributed by atoms with Crippen LogP contribution in [-0.4, -0.2) is 14.3 Å². The first-order chi connectivity index (χ1) is 12.0. The SMILES string of the molecule is O=S(=O)(N=C(Nc1ccc([O-])cc1)c1ccccc1)c1ccccc1. The van der Waals surface area contributed by atoms with Crippen LogP contribution in [0.15, 0.2) is 94.2 Å². The molecule has 0 unspecified atom stereocenters. The molecule has 0 aliphatic carbocycles. The maximum Gasteiger partial charge on any atom is 0.284 e. The molecule has 0 aromatic heterocycles. The van der Waals surface area contributed by atoms with Gasteiger partial charge in [-0.15, -0.1) is 10.1 Å². The molecular weight excluding hydrogens is 336 g/mol. The molecule has 0 fully saturated rings. The molecule has 3 rings (SSSR count). The third kappa shape index (κ3) is 4.24. The molecule has 0 bridgehead atoms. The Bertz CT molecular complexity index is 968. The Morgan fingerprint density at radius 3 is 1.96 bits per heavy atom. The lowest BCUT2D eigenvalue weighted by atomic mass is 10.2. The summed E-state index contributed by atoms with van der Waals surface area (Å²) in [7, 11) is -3.87. The largest absolute Gasteiger partial charge is 0.872 e. The van der Waals surface area contributed by atoms with E-state index in [2.05, 4.69) is 9.71 Å². The molecule has 0 heterocycles. The van der Waals surface area contributed by atoms with Crippen LogP contribution < -0.4 is 10.4 Å². The van der Waals surface area contributed by atoms with E-state index in [4.69, 9.17) is 0 Å². The van der Waals surface area contributed by atoms with Crippen molar-refractivity contribution in [1.29, 1.82) is 0 Å². The van der Waals surface area contributed by atoms with Gasteiger partial charge in [-0.25, -0.2) is 0 Å². The van der Waals surface area contributed by atoms with Gasteiger partial charge in [0, 0.05) is 11.3 Å². The second kappa shape index (κ2) is 7.19. The molecule has 0 atom stereocenters. The topological polar surface area (TPSA) is 81.6 Å². The molecule has 0 aliphatic rings. The summed E-state index contributed by atoms with van der Waals surface area (Å²) < 4.78 is 29.1. The van der Waals surface area contributed by atoms with Crippen molar-refractivity contribution in [2.75, 3.05) is 5.32 Å². The van der Waals surface area contributed by atoms with Crippen molar-refractivity contribution in [1.82, 2.24) is 0 Å². The summed E-state index contributed by atoms with van der Waals surface area (Å²) in [5.41, 5.74) is 1.19. The van der Waals surface area contributed by atoms with Gasteiger partial charge < -0.3 is 10.4 Å². The van der Waals surface area contributed by atoms with Crippen molar-refractivity contribution in [2.24, 2.45) is 4.40 Å². The highest BCUT2D eigenvalue weighted by Crippen LogP contribution is 2.17. The summed E-state index contributed by atoms with van der Waals surface area (Å²) in [6, 6.07) is 22.9. The minimum absolute atomic E-state index is 0.111. The van der Waals surface area contributed by atoms with Gasteiger partial charge in [-0.05, 0) is 24.3 Å². The van der Waals surface area contributed by atoms with Crippen LogP contribution in [-0.2, 0) is 10.0 Å². The number of rotatable bonds is 4. The minimum atomic E-state index is -3.87. The lowest BCUT2D eigenvalue weighted by Gasteiger charge is -2.12. The van der Waals surface area contributed by atoms with Crippen LogP contribution in [0, 0.1) is 0 Å². The molecule has 3 aromatic carbocycles. The van der Waals surface area contributed by atoms with Crippen LogP contribution in [0.1, 0.15) is 5.56 Å². The highest BCUT2D eigenvalue weighted by atomic mass is 32.2. The Morgan fingerprint density at radius 1 is 0.800 bits per heavy atom. The summed E-state index contributed by atoms with van der Waals surface area (Å²) in [4.78, 5) is 0.111. The molecule has 126 valence electrons. The van der Waals surface area contributed by atoms with E-state index < -0.39 is 10.0 Å². The summed E-state index contributed by atoms with van der Waals surface area (Å²) >= 11 is 0. The summed E-state index contributed by atoms with van der Waals surface area (Å²) in [6.07, 6.45) is 0. The standard InChI is InChI=1S/C19H16N2O3S/c22-17-13-11-16(12-14-17)20-19(15-7-3-1-4-8-15)21-25(23,24)18-9-5-2-6-10-18/h1-14,22H,(H,20,21)/p-1. The molecule has 0 saturated carbocycles. The summed E-state index contributed by atoms with van der Waals surface area (Å²) in [5, 5.41) is 14.2. The maximum atomic E-state index is 12.6. The quantitative estimate of drug-likeness (QED) is 0.579. The molecule has 0 spiro atoms. The first-order valence-corrected chi connectivity index (χ1v) is 8.98. The van der Waals surface area contributed by atoms with Gasteiger partial charge in [-0.3, -0.25) is 0 Å². The van der Waals surface area contributed by atoms with E-state index in [0.29, 0.717) is 11.3 Å². The second-order valence-electron chi connectivity index (χ2n) is 5.24. The number of hydrogen-bond donors (Lipinski definition) is 1. The van der Waals surface area contributed by atoms with Gasteiger partial charge in [0.2, 0.25) is 0 Å². The number of nitrogens with zero attached hydrogens (tertiary/aromatic N) is 1. The number of benzene rings is 3. The Labute approximate surface area is 146 Å². The molecule has 0 amide bonds. The van der Waals surface area contributed by atoms with Crippen molar-refractivity contribution < 1.29 is 13.5 Å². The van der Waals surface area contributed by atoms with Gasteiger partial charge in [-0.2, -0.15) is 8.42 Å². The number of hydrogen-bond acceptors (Lipinski definition) is 3. The predicted octanol–water partition coefficient (Wildman–Crippen LogP) is 3.01. The van der Waals surface area contributed by atoms with Gasteiger partial charge in [0.25, 0.3) is 10.0 Å². The van der Waals surface area contributed by atoms with Crippen LogP contribution >= 0.6 is 0 Å². The van der Waals surface area contributed by atoms with Crippen LogP contribution in [0.5, 0.6) is 5.75 Å². The van der Waals surface area contributed by atoms with Crippen molar-refractivity contribution in [3.8, 4) is 5.75 Å². The van der Waals surface area contributed by atoms with E-state index in [-0.39, 0.29) is 16.5 Å². The smallest absolute Gasteiger partial charge is 0.284 e. The number of amidine groups is 1. The fraction of sp³-hybridized carbons (Fsp3) is 0. The minimum Gasteiger partial charge on any atom is -0.872 e. The van der Waals surface area contributed by atoms with Gasteiger partial charge >= 0.3 is 0 Å². The molecule has 25 heavy (non-hydrogen) atoms. The lowest BCUT2D eigenvalue weighted by molar-refractivity contribution is -0.268. The average Bonchev–Trinajstić information content (AvgIpc) is 2.64. The van der Waals surface area contributed by atoms with Crippen molar-refractivity contribution in [3.05, 3.63) is 90.5 Å². The normalized spacial score (nSPS) is 11.9. The zero-order valence-electron chi connectivity index (χ0n) is 13.2. The summed E-state index contributed by atoms with van der Waals surface area (Å²) in [5.74, 6) is 0.0590.